The van der Waals surface area contributed by atoms with E-state index in [1.54, 1.807) is 24.3 Å². The van der Waals surface area contributed by atoms with Crippen molar-refractivity contribution in [3.8, 4) is 0 Å². The van der Waals surface area contributed by atoms with Gasteiger partial charge in [0.05, 0.1) is 11.1 Å². The predicted octanol–water partition coefficient (Wildman–Crippen LogP) is 3.61. The molecular weight excluding hydrogens is 393 g/mol. The summed E-state index contributed by atoms with van der Waals surface area (Å²) in [6, 6.07) is 11.8. The van der Waals surface area contributed by atoms with Crippen LogP contribution >= 0.6 is 0 Å². The maximum Gasteiger partial charge on any atom is 0.416 e. The average Bonchev–Trinajstić information content (AvgIpc) is 2.62. The number of carbonyl (C=O) groups is 1. The number of halogens is 3. The van der Waals surface area contributed by atoms with Gasteiger partial charge in [0, 0.05) is 30.4 Å². The Balaban J connectivity index is 2.21. The second-order valence-corrected chi connectivity index (χ2v) is 7.94. The molecule has 0 saturated carbocycles. The monoisotopic (exact) mass is 412 g/mol. The van der Waals surface area contributed by atoms with Crippen LogP contribution in [0.4, 0.5) is 18.9 Å². The predicted molar refractivity (Wildman–Crippen MR) is 102 cm³/mol. The summed E-state index contributed by atoms with van der Waals surface area (Å²) in [7, 11) is -3.33. The maximum atomic E-state index is 13.0. The number of hydrogen-bond donors (Lipinski definition) is 2. The smallest absolute Gasteiger partial charge is 0.380 e. The van der Waals surface area contributed by atoms with Crippen molar-refractivity contribution in [2.45, 2.75) is 12.7 Å². The van der Waals surface area contributed by atoms with E-state index in [2.05, 4.69) is 10.6 Å². The lowest BCUT2D eigenvalue weighted by molar-refractivity contribution is -0.137. The molecule has 0 bridgehead atoms. The third-order valence-corrected chi connectivity index (χ3v) is 4.33. The molecule has 2 N–H and O–H groups in total. The van der Waals surface area contributed by atoms with Crippen LogP contribution in [0.25, 0.3) is 0 Å². The summed E-state index contributed by atoms with van der Waals surface area (Å²) >= 11 is 0. The van der Waals surface area contributed by atoms with Gasteiger partial charge in [-0.2, -0.15) is 13.2 Å². The number of carbonyl (C=O) groups excluding carboxylic acids is 1. The number of hydrogen-bond acceptors (Lipinski definition) is 4. The van der Waals surface area contributed by atoms with E-state index in [1.165, 1.54) is 6.08 Å². The number of alkyl halides is 3. The average molecular weight is 412 g/mol. The van der Waals surface area contributed by atoms with E-state index in [-0.39, 0.29) is 24.3 Å². The maximum absolute atomic E-state index is 13.0. The molecule has 1 amide bonds. The van der Waals surface area contributed by atoms with Gasteiger partial charge in [0.2, 0.25) is 0 Å². The van der Waals surface area contributed by atoms with Gasteiger partial charge in [0.15, 0.2) is 9.84 Å². The molecule has 0 atom stereocenters. The first-order valence-electron chi connectivity index (χ1n) is 8.20. The van der Waals surface area contributed by atoms with Gasteiger partial charge in [-0.15, -0.1) is 0 Å². The number of rotatable bonds is 7. The molecule has 0 aromatic heterocycles. The van der Waals surface area contributed by atoms with Crippen molar-refractivity contribution in [3.63, 3.8) is 0 Å². The van der Waals surface area contributed by atoms with Crippen LogP contribution in [0.1, 0.15) is 21.5 Å². The molecule has 5 nitrogen and oxygen atoms in total. The van der Waals surface area contributed by atoms with Gasteiger partial charge in [0.1, 0.15) is 0 Å². The van der Waals surface area contributed by atoms with E-state index >= 15 is 0 Å². The third kappa shape index (κ3) is 6.73. The minimum Gasteiger partial charge on any atom is -0.380 e. The minimum absolute atomic E-state index is 0.0247. The Bertz CT molecular complexity index is 956. The van der Waals surface area contributed by atoms with Crippen molar-refractivity contribution in [2.75, 3.05) is 18.1 Å². The van der Waals surface area contributed by atoms with Crippen LogP contribution in [0.15, 0.2) is 60.0 Å². The Kier molecular flexibility index (Phi) is 6.85. The molecule has 2 aromatic rings. The van der Waals surface area contributed by atoms with Crippen LogP contribution in [-0.2, 0) is 22.6 Å². The normalized spacial score (nSPS) is 12.1. The van der Waals surface area contributed by atoms with Gasteiger partial charge in [-0.25, -0.2) is 8.42 Å². The van der Waals surface area contributed by atoms with E-state index in [0.717, 1.165) is 35.4 Å². The lowest BCUT2D eigenvalue weighted by Gasteiger charge is -2.15. The Morgan fingerprint density at radius 2 is 1.79 bits per heavy atom. The standard InChI is InChI=1S/C19H19F3N2O3S/c1-28(26,27)11-5-10-23-18(25)16-9-8-15(19(20,21)22)12-17(16)24-13-14-6-3-2-4-7-14/h2-9,11-12,24H,10,13H2,1H3,(H,23,25)/b11-5+. The van der Waals surface area contributed by atoms with E-state index in [1.807, 2.05) is 6.07 Å². The van der Waals surface area contributed by atoms with Crippen LogP contribution in [0.3, 0.4) is 0 Å². The highest BCUT2D eigenvalue weighted by molar-refractivity contribution is 7.93. The van der Waals surface area contributed by atoms with Crippen LogP contribution < -0.4 is 10.6 Å². The molecule has 0 radical (unpaired) electrons. The SMILES string of the molecule is CS(=O)(=O)/C=C/CNC(=O)c1ccc(C(F)(F)F)cc1NCc1ccccc1. The largest absolute Gasteiger partial charge is 0.416 e. The summed E-state index contributed by atoms with van der Waals surface area (Å²) in [6.07, 6.45) is -2.29. The van der Waals surface area contributed by atoms with Crippen molar-refractivity contribution >= 4 is 21.4 Å². The molecule has 150 valence electrons. The summed E-state index contributed by atoms with van der Waals surface area (Å²) < 4.78 is 61.2. The quantitative estimate of drug-likeness (QED) is 0.729. The molecule has 2 rings (SSSR count). The van der Waals surface area contributed by atoms with Gasteiger partial charge in [-0.1, -0.05) is 36.4 Å². The van der Waals surface area contributed by atoms with Crippen LogP contribution in [0.5, 0.6) is 0 Å². The molecule has 0 fully saturated rings. The van der Waals surface area contributed by atoms with Gasteiger partial charge in [0.25, 0.3) is 5.91 Å². The molecule has 0 heterocycles. The first-order valence-corrected chi connectivity index (χ1v) is 10.2. The summed E-state index contributed by atoms with van der Waals surface area (Å²) in [6.45, 7) is 0.154. The van der Waals surface area contributed by atoms with E-state index in [4.69, 9.17) is 0 Å². The van der Waals surface area contributed by atoms with Gasteiger partial charge in [-0.05, 0) is 23.8 Å². The van der Waals surface area contributed by atoms with Gasteiger partial charge in [-0.3, -0.25) is 4.79 Å². The summed E-state index contributed by atoms with van der Waals surface area (Å²) in [5, 5.41) is 6.26. The molecule has 0 aliphatic heterocycles. The Labute approximate surface area is 161 Å². The van der Waals surface area contributed by atoms with Crippen molar-refractivity contribution in [1.82, 2.24) is 5.32 Å². The fourth-order valence-electron chi connectivity index (χ4n) is 2.33. The molecule has 28 heavy (non-hydrogen) atoms. The molecule has 2 aromatic carbocycles. The zero-order valence-corrected chi connectivity index (χ0v) is 15.8. The fraction of sp³-hybridized carbons (Fsp3) is 0.211. The molecule has 0 saturated heterocycles. The lowest BCUT2D eigenvalue weighted by Crippen LogP contribution is -2.25. The zero-order chi connectivity index (χ0) is 20.8. The van der Waals surface area contributed by atoms with Crippen molar-refractivity contribution in [2.24, 2.45) is 0 Å². The zero-order valence-electron chi connectivity index (χ0n) is 15.0. The van der Waals surface area contributed by atoms with E-state index in [9.17, 15) is 26.4 Å². The van der Waals surface area contributed by atoms with Crippen LogP contribution in [-0.4, -0.2) is 27.1 Å². The van der Waals surface area contributed by atoms with E-state index < -0.39 is 27.5 Å². The van der Waals surface area contributed by atoms with Gasteiger partial charge >= 0.3 is 6.18 Å². The summed E-state index contributed by atoms with van der Waals surface area (Å²) in [5.74, 6) is -0.623. The van der Waals surface area contributed by atoms with E-state index in [0.29, 0.717) is 0 Å². The van der Waals surface area contributed by atoms with Crippen molar-refractivity contribution in [1.29, 1.82) is 0 Å². The third-order valence-electron chi connectivity index (χ3n) is 3.64. The summed E-state index contributed by atoms with van der Waals surface area (Å²) in [4.78, 5) is 12.3. The summed E-state index contributed by atoms with van der Waals surface area (Å²) in [5.41, 5.74) is 0.0129. The second kappa shape index (κ2) is 8.92. The molecule has 0 aliphatic rings. The molecule has 0 spiro atoms. The number of nitrogens with one attached hydrogen (secondary N) is 2. The number of amides is 1. The molecule has 0 aliphatic carbocycles. The van der Waals surface area contributed by atoms with Crippen LogP contribution in [0, 0.1) is 0 Å². The van der Waals surface area contributed by atoms with Crippen molar-refractivity contribution < 1.29 is 26.4 Å². The fourth-order valence-corrected chi connectivity index (χ4v) is 2.77. The minimum atomic E-state index is -4.55. The number of sulfone groups is 1. The highest BCUT2D eigenvalue weighted by Gasteiger charge is 2.31. The topological polar surface area (TPSA) is 75.3 Å². The highest BCUT2D eigenvalue weighted by atomic mass is 32.2. The Hall–Kier alpha value is -2.81. The first-order chi connectivity index (χ1) is 13.1. The molecule has 9 heteroatoms. The first kappa shape index (κ1) is 21.5. The Morgan fingerprint density at radius 1 is 1.11 bits per heavy atom. The second-order valence-electron chi connectivity index (χ2n) is 6.01. The van der Waals surface area contributed by atoms with Crippen molar-refractivity contribution in [3.05, 3.63) is 76.7 Å². The molecular formula is C19H19F3N2O3S. The van der Waals surface area contributed by atoms with Gasteiger partial charge < -0.3 is 10.6 Å². The molecule has 0 unspecified atom stereocenters. The number of benzene rings is 2. The number of anilines is 1. The lowest BCUT2D eigenvalue weighted by atomic mass is 10.1. The highest BCUT2D eigenvalue weighted by Crippen LogP contribution is 2.32. The van der Waals surface area contributed by atoms with Crippen LogP contribution in [0.2, 0.25) is 0 Å². The Morgan fingerprint density at radius 3 is 2.39 bits per heavy atom.